The maximum Gasteiger partial charge on any atom is 0.257 e. The number of methoxy groups -OCH3 is 1. The van der Waals surface area contributed by atoms with E-state index in [1.165, 1.54) is 103 Å². The van der Waals surface area contributed by atoms with Crippen molar-refractivity contribution in [2.75, 3.05) is 61.9 Å². The van der Waals surface area contributed by atoms with Crippen LogP contribution in [0, 0.1) is 36.0 Å². The van der Waals surface area contributed by atoms with Crippen molar-refractivity contribution in [1.82, 2.24) is 24.8 Å². The highest BCUT2D eigenvalue weighted by Gasteiger charge is 2.51. The zero-order valence-electron chi connectivity index (χ0n) is 39.1. The second-order valence-corrected chi connectivity index (χ2v) is 20.6. The van der Waals surface area contributed by atoms with E-state index in [1.807, 2.05) is 37.3 Å². The molecule has 5 aliphatic carbocycles. The fourth-order valence-electron chi connectivity index (χ4n) is 12.2. The lowest BCUT2D eigenvalue weighted by molar-refractivity contribution is -0.129. The van der Waals surface area contributed by atoms with Crippen LogP contribution >= 0.6 is 0 Å². The predicted octanol–water partition coefficient (Wildman–Crippen LogP) is 9.94. The number of pyridine rings is 1. The first kappa shape index (κ1) is 45.2. The number of hydrogen-bond acceptors (Lipinski definition) is 9. The maximum absolute atomic E-state index is 13.4. The third-order valence-corrected chi connectivity index (χ3v) is 15.4. The molecule has 2 aromatic carbocycles. The maximum atomic E-state index is 13.4. The number of fused-ring (bicyclic) bond motifs is 1. The summed E-state index contributed by atoms with van der Waals surface area (Å²) in [7, 11) is 1.68. The molecule has 1 saturated heterocycles. The minimum Gasteiger partial charge on any atom is -0.494 e. The van der Waals surface area contributed by atoms with Crippen molar-refractivity contribution in [3.63, 3.8) is 0 Å². The van der Waals surface area contributed by atoms with Gasteiger partial charge in [-0.25, -0.2) is 4.98 Å². The van der Waals surface area contributed by atoms with E-state index in [1.54, 1.807) is 23.9 Å². The number of nitrogens with zero attached hydrogens (tertiary/aromatic N) is 5. The van der Waals surface area contributed by atoms with E-state index in [2.05, 4.69) is 42.9 Å². The van der Waals surface area contributed by atoms with E-state index < -0.39 is 0 Å². The third kappa shape index (κ3) is 11.4. The molecule has 2 aromatic heterocycles. The second-order valence-electron chi connectivity index (χ2n) is 20.6. The normalized spacial score (nSPS) is 22.6. The Bertz CT molecular complexity index is 2300. The van der Waals surface area contributed by atoms with Crippen LogP contribution in [-0.2, 0) is 9.59 Å². The van der Waals surface area contributed by atoms with E-state index in [0.717, 1.165) is 98.5 Å². The fourth-order valence-corrected chi connectivity index (χ4v) is 12.2. The van der Waals surface area contributed by atoms with E-state index in [4.69, 9.17) is 9.72 Å². The number of carbonyl (C=O) groups excluding carboxylic acids is 2. The molecule has 4 bridgehead atoms. The third-order valence-electron chi connectivity index (χ3n) is 15.4. The van der Waals surface area contributed by atoms with Gasteiger partial charge in [-0.1, -0.05) is 51.4 Å². The van der Waals surface area contributed by atoms with E-state index in [9.17, 15) is 14.4 Å². The first-order chi connectivity index (χ1) is 31.7. The Morgan fingerprint density at radius 3 is 2.06 bits per heavy atom. The molecular formula is C53H72N8O4. The SMILES string of the molecule is COc1cc(N2CCN(CCCCCCCCCCCCNC(=O)CC34CC5CC(CC(C5)C3)C4)CC2)ccc1Nc1ncc2c(C)cc(=O)n(-c3ccc(NC(=O)C4CC4)cc3)c2n1. The van der Waals surface area contributed by atoms with Gasteiger partial charge in [-0.15, -0.1) is 0 Å². The van der Waals surface area contributed by atoms with Crippen LogP contribution in [0.1, 0.15) is 128 Å². The van der Waals surface area contributed by atoms with Gasteiger partial charge in [-0.3, -0.25) is 23.9 Å². The number of piperazine rings is 1. The molecule has 0 unspecified atom stereocenters. The Labute approximate surface area is 385 Å². The highest BCUT2D eigenvalue weighted by molar-refractivity contribution is 5.94. The van der Waals surface area contributed by atoms with Crippen LogP contribution in [0.2, 0.25) is 0 Å². The summed E-state index contributed by atoms with van der Waals surface area (Å²) < 4.78 is 7.44. The van der Waals surface area contributed by atoms with Gasteiger partial charge in [-0.2, -0.15) is 4.98 Å². The van der Waals surface area contributed by atoms with Crippen LogP contribution in [0.15, 0.2) is 59.5 Å². The summed E-state index contributed by atoms with van der Waals surface area (Å²) in [5.74, 6) is 4.29. The number of nitrogens with one attached hydrogen (secondary N) is 3. The number of ether oxygens (including phenoxy) is 1. The van der Waals surface area contributed by atoms with E-state index >= 15 is 0 Å². The minimum atomic E-state index is -0.194. The molecule has 10 rings (SSSR count). The summed E-state index contributed by atoms with van der Waals surface area (Å²) in [4.78, 5) is 53.0. The standard InChI is InChI=1S/C53H72N8O4/c1-37-27-49(63)61(43-17-15-42(16-18-43)56-51(64)41-13-14-41)50-45(37)36-55-52(58-50)57-46-20-19-44(31-47(46)65-2)60-25-23-59(24-26-60)22-12-10-8-6-4-3-5-7-9-11-21-54-48(62)35-53-32-38-28-39(33-53)30-40(29-38)34-53/h15-20,27,31,36,38-41H,3-14,21-26,28-30,32-35H2,1-2H3,(H,54,62)(H,56,64)(H,55,57,58). The lowest BCUT2D eigenvalue weighted by Gasteiger charge is -2.56. The molecule has 0 radical (unpaired) electrons. The number of aryl methyl sites for hydroxylation is 1. The molecule has 3 heterocycles. The Kier molecular flexibility index (Phi) is 14.4. The van der Waals surface area contributed by atoms with Crippen LogP contribution in [0.5, 0.6) is 5.75 Å². The van der Waals surface area contributed by atoms with Crippen LogP contribution in [-0.4, -0.2) is 77.6 Å². The number of carbonyl (C=O) groups is 2. The Morgan fingerprint density at radius 1 is 0.785 bits per heavy atom. The number of aromatic nitrogens is 3. The number of hydrogen-bond donors (Lipinski definition) is 3. The number of amides is 2. The van der Waals surface area contributed by atoms with Gasteiger partial charge in [0.05, 0.1) is 18.5 Å². The molecule has 12 nitrogen and oxygen atoms in total. The van der Waals surface area contributed by atoms with Crippen molar-refractivity contribution in [1.29, 1.82) is 0 Å². The van der Waals surface area contributed by atoms with Gasteiger partial charge in [0.1, 0.15) is 5.75 Å². The molecular weight excluding hydrogens is 813 g/mol. The average Bonchev–Trinajstić information content (AvgIpc) is 4.15. The summed E-state index contributed by atoms with van der Waals surface area (Å²) in [5.41, 5.74) is 4.68. The van der Waals surface area contributed by atoms with Crippen molar-refractivity contribution < 1.29 is 14.3 Å². The summed E-state index contributed by atoms with van der Waals surface area (Å²) in [6.07, 6.45) is 25.6. The van der Waals surface area contributed by atoms with Crippen LogP contribution in [0.25, 0.3) is 16.7 Å². The number of benzene rings is 2. The first-order valence-corrected chi connectivity index (χ1v) is 25.2. The Morgan fingerprint density at radius 2 is 1.42 bits per heavy atom. The van der Waals surface area contributed by atoms with Gasteiger partial charge >= 0.3 is 0 Å². The van der Waals surface area contributed by atoms with Crippen LogP contribution in [0.3, 0.4) is 0 Å². The molecule has 0 spiro atoms. The molecule has 348 valence electrons. The Balaban J connectivity index is 0.654. The fraction of sp³-hybridized carbons (Fsp3) is 0.604. The number of anilines is 4. The lowest BCUT2D eigenvalue weighted by atomic mass is 9.49. The molecule has 6 fully saturated rings. The number of unbranched alkanes of at least 4 members (excludes halogenated alkanes) is 9. The minimum absolute atomic E-state index is 0.0433. The van der Waals surface area contributed by atoms with Gasteiger partial charge in [-0.05, 0) is 143 Å². The van der Waals surface area contributed by atoms with Crippen molar-refractivity contribution >= 4 is 45.9 Å². The zero-order chi connectivity index (χ0) is 44.8. The van der Waals surface area contributed by atoms with Gasteiger partial charge in [0.15, 0.2) is 5.65 Å². The number of rotatable bonds is 22. The van der Waals surface area contributed by atoms with E-state index in [-0.39, 0.29) is 17.4 Å². The highest BCUT2D eigenvalue weighted by atomic mass is 16.5. The van der Waals surface area contributed by atoms with Crippen molar-refractivity contribution in [2.45, 2.75) is 129 Å². The molecule has 12 heteroatoms. The molecule has 1 aliphatic heterocycles. The van der Waals surface area contributed by atoms with Crippen molar-refractivity contribution in [3.05, 3.63) is 70.6 Å². The smallest absolute Gasteiger partial charge is 0.257 e. The van der Waals surface area contributed by atoms with Crippen LogP contribution in [0.4, 0.5) is 23.0 Å². The summed E-state index contributed by atoms with van der Waals surface area (Å²) >= 11 is 0. The second kappa shape index (κ2) is 20.7. The van der Waals surface area contributed by atoms with Gasteiger partial charge in [0.25, 0.3) is 5.56 Å². The molecule has 6 aliphatic rings. The summed E-state index contributed by atoms with van der Waals surface area (Å²) in [5, 5.41) is 10.4. The Hall–Kier alpha value is -4.97. The monoisotopic (exact) mass is 885 g/mol. The summed E-state index contributed by atoms with van der Waals surface area (Å²) in [6.45, 7) is 7.98. The van der Waals surface area contributed by atoms with Crippen molar-refractivity contribution in [2.24, 2.45) is 29.1 Å². The first-order valence-electron chi connectivity index (χ1n) is 25.2. The summed E-state index contributed by atoms with van der Waals surface area (Å²) in [6, 6.07) is 15.1. The molecule has 0 atom stereocenters. The average molecular weight is 885 g/mol. The van der Waals surface area contributed by atoms with Gasteiger partial charge in [0.2, 0.25) is 17.8 Å². The largest absolute Gasteiger partial charge is 0.494 e. The van der Waals surface area contributed by atoms with Crippen molar-refractivity contribution in [3.8, 4) is 11.4 Å². The van der Waals surface area contributed by atoms with Crippen LogP contribution < -0.4 is 31.1 Å². The molecule has 5 saturated carbocycles. The zero-order valence-corrected chi connectivity index (χ0v) is 39.1. The van der Waals surface area contributed by atoms with E-state index in [0.29, 0.717) is 40.0 Å². The highest BCUT2D eigenvalue weighted by Crippen LogP contribution is 2.61. The quantitative estimate of drug-likeness (QED) is 0.0660. The van der Waals surface area contributed by atoms with Gasteiger partial charge < -0.3 is 25.6 Å². The predicted molar refractivity (Wildman–Crippen MR) is 261 cm³/mol. The molecule has 65 heavy (non-hydrogen) atoms. The molecule has 2 amide bonds. The molecule has 4 aromatic rings. The van der Waals surface area contributed by atoms with Gasteiger partial charge in [0, 0.05) is 80.2 Å². The lowest BCUT2D eigenvalue weighted by Crippen LogP contribution is -2.48. The molecule has 3 N–H and O–H groups in total. The topological polar surface area (TPSA) is 134 Å².